The van der Waals surface area contributed by atoms with Crippen LogP contribution < -0.4 is 5.73 Å². The number of nitrogens with two attached hydrogens (primary N) is 1. The van der Waals surface area contributed by atoms with E-state index >= 15 is 0 Å². The molecule has 0 amide bonds. The maximum atomic E-state index is 5.98. The van der Waals surface area contributed by atoms with E-state index in [0.29, 0.717) is 0 Å². The summed E-state index contributed by atoms with van der Waals surface area (Å²) in [6.07, 6.45) is 7.01. The van der Waals surface area contributed by atoms with Gasteiger partial charge in [-0.2, -0.15) is 0 Å². The SMILES string of the molecule is NC(CC1CCC1)c1cnns1. The van der Waals surface area contributed by atoms with E-state index in [9.17, 15) is 0 Å². The Bertz CT molecular complexity index is 230. The highest BCUT2D eigenvalue weighted by molar-refractivity contribution is 7.05. The van der Waals surface area contributed by atoms with Gasteiger partial charge in [0.05, 0.1) is 11.1 Å². The first-order chi connectivity index (χ1) is 5.86. The maximum absolute atomic E-state index is 5.98. The monoisotopic (exact) mass is 183 g/mol. The van der Waals surface area contributed by atoms with Gasteiger partial charge in [-0.1, -0.05) is 23.8 Å². The molecule has 0 aromatic carbocycles. The van der Waals surface area contributed by atoms with Gasteiger partial charge in [-0.15, -0.1) is 5.10 Å². The zero-order valence-electron chi connectivity index (χ0n) is 6.94. The van der Waals surface area contributed by atoms with E-state index in [1.807, 2.05) is 0 Å². The third-order valence-electron chi connectivity index (χ3n) is 2.56. The van der Waals surface area contributed by atoms with Crippen LogP contribution >= 0.6 is 11.5 Å². The minimum atomic E-state index is 0.176. The Balaban J connectivity index is 1.87. The van der Waals surface area contributed by atoms with Crippen LogP contribution in [0, 0.1) is 5.92 Å². The summed E-state index contributed by atoms with van der Waals surface area (Å²) in [4.78, 5) is 1.13. The molecule has 1 saturated carbocycles. The number of hydrogen-bond donors (Lipinski definition) is 1. The average Bonchev–Trinajstić information content (AvgIpc) is 2.47. The van der Waals surface area contributed by atoms with Crippen molar-refractivity contribution >= 4 is 11.5 Å². The van der Waals surface area contributed by atoms with Crippen LogP contribution in [0.3, 0.4) is 0 Å². The van der Waals surface area contributed by atoms with Gasteiger partial charge in [-0.25, -0.2) is 0 Å². The van der Waals surface area contributed by atoms with Crippen LogP contribution in [0.1, 0.15) is 36.6 Å². The van der Waals surface area contributed by atoms with Crippen molar-refractivity contribution in [3.63, 3.8) is 0 Å². The fraction of sp³-hybridized carbons (Fsp3) is 0.750. The van der Waals surface area contributed by atoms with Gasteiger partial charge in [-0.3, -0.25) is 0 Å². The molecule has 2 N–H and O–H groups in total. The van der Waals surface area contributed by atoms with E-state index < -0.39 is 0 Å². The van der Waals surface area contributed by atoms with Crippen molar-refractivity contribution in [1.82, 2.24) is 9.59 Å². The van der Waals surface area contributed by atoms with Crippen molar-refractivity contribution < 1.29 is 0 Å². The molecule has 0 spiro atoms. The molecule has 4 heteroatoms. The van der Waals surface area contributed by atoms with Crippen molar-refractivity contribution in [1.29, 1.82) is 0 Å². The van der Waals surface area contributed by atoms with Crippen LogP contribution in [-0.4, -0.2) is 9.59 Å². The molecular formula is C8H13N3S. The summed E-state index contributed by atoms with van der Waals surface area (Å²) in [6.45, 7) is 0. The molecule has 1 aliphatic carbocycles. The van der Waals surface area contributed by atoms with Crippen molar-refractivity contribution in [3.8, 4) is 0 Å². The molecule has 12 heavy (non-hydrogen) atoms. The Morgan fingerprint density at radius 1 is 1.67 bits per heavy atom. The van der Waals surface area contributed by atoms with Crippen molar-refractivity contribution in [2.75, 3.05) is 0 Å². The summed E-state index contributed by atoms with van der Waals surface area (Å²) in [5, 5.41) is 3.78. The highest BCUT2D eigenvalue weighted by Gasteiger charge is 2.21. The smallest absolute Gasteiger partial charge is 0.0669 e. The van der Waals surface area contributed by atoms with Gasteiger partial charge in [0.25, 0.3) is 0 Å². The maximum Gasteiger partial charge on any atom is 0.0669 e. The Hall–Kier alpha value is -0.480. The predicted molar refractivity (Wildman–Crippen MR) is 48.8 cm³/mol. The van der Waals surface area contributed by atoms with E-state index in [0.717, 1.165) is 17.2 Å². The molecule has 0 saturated heterocycles. The standard InChI is InChI=1S/C8H13N3S/c9-7(4-6-2-1-3-6)8-5-10-11-12-8/h5-7H,1-4,9H2. The summed E-state index contributed by atoms with van der Waals surface area (Å²) in [5.41, 5.74) is 5.98. The molecule has 1 unspecified atom stereocenters. The van der Waals surface area contributed by atoms with Crippen LogP contribution in [0.5, 0.6) is 0 Å². The van der Waals surface area contributed by atoms with Gasteiger partial charge in [-0.05, 0) is 23.9 Å². The topological polar surface area (TPSA) is 51.8 Å². The van der Waals surface area contributed by atoms with E-state index in [2.05, 4.69) is 9.59 Å². The van der Waals surface area contributed by atoms with Gasteiger partial charge in [0, 0.05) is 6.04 Å². The molecule has 1 fully saturated rings. The van der Waals surface area contributed by atoms with Crippen LogP contribution in [0.4, 0.5) is 0 Å². The van der Waals surface area contributed by atoms with Crippen LogP contribution in [0.15, 0.2) is 6.20 Å². The van der Waals surface area contributed by atoms with Crippen molar-refractivity contribution in [2.45, 2.75) is 31.7 Å². The largest absolute Gasteiger partial charge is 0.323 e. The second-order valence-corrected chi connectivity index (χ2v) is 4.28. The van der Waals surface area contributed by atoms with Crippen LogP contribution in [0.2, 0.25) is 0 Å². The first-order valence-electron chi connectivity index (χ1n) is 4.39. The molecule has 0 bridgehead atoms. The second-order valence-electron chi connectivity index (χ2n) is 3.46. The summed E-state index contributed by atoms with van der Waals surface area (Å²) in [5.74, 6) is 0.863. The number of nitrogens with zero attached hydrogens (tertiary/aromatic N) is 2. The first kappa shape index (κ1) is 8.13. The lowest BCUT2D eigenvalue weighted by Crippen LogP contribution is -2.19. The molecule has 3 nitrogen and oxygen atoms in total. The lowest BCUT2D eigenvalue weighted by molar-refractivity contribution is 0.278. The minimum Gasteiger partial charge on any atom is -0.323 e. The minimum absolute atomic E-state index is 0.176. The van der Waals surface area contributed by atoms with Crippen molar-refractivity contribution in [2.24, 2.45) is 11.7 Å². The zero-order valence-corrected chi connectivity index (χ0v) is 7.76. The highest BCUT2D eigenvalue weighted by Crippen LogP contribution is 2.34. The summed E-state index contributed by atoms with van der Waals surface area (Å²) < 4.78 is 3.81. The quantitative estimate of drug-likeness (QED) is 0.776. The number of aromatic nitrogens is 2. The number of hydrogen-bond acceptors (Lipinski definition) is 4. The Morgan fingerprint density at radius 2 is 2.50 bits per heavy atom. The van der Waals surface area contributed by atoms with Gasteiger partial charge in [0.15, 0.2) is 0 Å². The molecule has 66 valence electrons. The third kappa shape index (κ3) is 1.64. The lowest BCUT2D eigenvalue weighted by Gasteiger charge is -2.27. The third-order valence-corrected chi connectivity index (χ3v) is 3.35. The van der Waals surface area contributed by atoms with Crippen LogP contribution in [-0.2, 0) is 0 Å². The zero-order chi connectivity index (χ0) is 8.39. The lowest BCUT2D eigenvalue weighted by atomic mass is 9.81. The van der Waals surface area contributed by atoms with Gasteiger partial charge in [0.2, 0.25) is 0 Å². The molecule has 0 aliphatic heterocycles. The number of rotatable bonds is 3. The highest BCUT2D eigenvalue weighted by atomic mass is 32.1. The van der Waals surface area contributed by atoms with Gasteiger partial charge < -0.3 is 5.73 Å². The molecule has 1 aliphatic rings. The molecule has 0 radical (unpaired) electrons. The first-order valence-corrected chi connectivity index (χ1v) is 5.16. The summed E-state index contributed by atoms with van der Waals surface area (Å²) in [6, 6.07) is 0.176. The normalized spacial score (nSPS) is 20.4. The Labute approximate surface area is 76.1 Å². The van der Waals surface area contributed by atoms with E-state index in [-0.39, 0.29) is 6.04 Å². The molecule has 1 atom stereocenters. The Kier molecular flexibility index (Phi) is 2.37. The molecule has 1 heterocycles. The molecule has 1 aromatic heterocycles. The van der Waals surface area contributed by atoms with Gasteiger partial charge >= 0.3 is 0 Å². The molecule has 1 aromatic rings. The summed E-state index contributed by atoms with van der Waals surface area (Å²) in [7, 11) is 0. The second kappa shape index (κ2) is 3.49. The van der Waals surface area contributed by atoms with Crippen molar-refractivity contribution in [3.05, 3.63) is 11.1 Å². The average molecular weight is 183 g/mol. The Morgan fingerprint density at radius 3 is 3.00 bits per heavy atom. The fourth-order valence-corrected chi connectivity index (χ4v) is 2.06. The summed E-state index contributed by atoms with van der Waals surface area (Å²) >= 11 is 1.42. The molecular weight excluding hydrogens is 170 g/mol. The van der Waals surface area contributed by atoms with E-state index in [4.69, 9.17) is 5.73 Å². The van der Waals surface area contributed by atoms with E-state index in [1.54, 1.807) is 6.20 Å². The predicted octanol–water partition coefficient (Wildman–Crippen LogP) is 1.73. The van der Waals surface area contributed by atoms with Gasteiger partial charge in [0.1, 0.15) is 0 Å². The molecule has 2 rings (SSSR count). The fourth-order valence-electron chi connectivity index (χ4n) is 1.54. The van der Waals surface area contributed by atoms with E-state index in [1.165, 1.54) is 30.8 Å². The van der Waals surface area contributed by atoms with Crippen LogP contribution in [0.25, 0.3) is 0 Å².